The van der Waals surface area contributed by atoms with Crippen molar-refractivity contribution in [2.45, 2.75) is 13.5 Å². The summed E-state index contributed by atoms with van der Waals surface area (Å²) in [5.41, 5.74) is 2.27. The van der Waals surface area contributed by atoms with Crippen LogP contribution < -0.4 is 9.47 Å². The topological polar surface area (TPSA) is 87.3 Å². The molecule has 0 saturated carbocycles. The molecule has 0 spiro atoms. The molecule has 5 rings (SSSR count). The lowest BCUT2D eigenvalue weighted by atomic mass is 10.1. The van der Waals surface area contributed by atoms with E-state index in [0.29, 0.717) is 54.0 Å². The van der Waals surface area contributed by atoms with Gasteiger partial charge in [-0.1, -0.05) is 59.6 Å². The van der Waals surface area contributed by atoms with Crippen LogP contribution in [0.15, 0.2) is 80.8 Å². The van der Waals surface area contributed by atoms with E-state index < -0.39 is 5.91 Å². The molecule has 0 unspecified atom stereocenters. The molecule has 0 saturated heterocycles. The van der Waals surface area contributed by atoms with E-state index in [9.17, 15) is 4.79 Å². The molecule has 38 heavy (non-hydrogen) atoms. The highest BCUT2D eigenvalue weighted by Crippen LogP contribution is 2.39. The van der Waals surface area contributed by atoms with Gasteiger partial charge in [0, 0.05) is 16.1 Å². The number of fused-ring (bicyclic) bond motifs is 1. The molecule has 0 bridgehead atoms. The molecule has 11 heteroatoms. The number of hydrazone groups is 1. The van der Waals surface area contributed by atoms with Crippen molar-refractivity contribution in [1.82, 2.24) is 5.01 Å². The van der Waals surface area contributed by atoms with Crippen LogP contribution in [-0.2, 0) is 11.4 Å². The van der Waals surface area contributed by atoms with Gasteiger partial charge in [-0.25, -0.2) is 0 Å². The molecular formula is C27H19BrCl2N4O3S. The molecule has 3 aromatic carbocycles. The number of thioether (sulfide) groups is 1. The number of hydrogen-bond donors (Lipinski definition) is 1. The Kier molecular flexibility index (Phi) is 7.90. The van der Waals surface area contributed by atoms with E-state index in [4.69, 9.17) is 38.1 Å². The first kappa shape index (κ1) is 26.5. The molecular weight excluding hydrogens is 611 g/mol. The first-order chi connectivity index (χ1) is 18.4. The lowest BCUT2D eigenvalue weighted by molar-refractivity contribution is -0.114. The van der Waals surface area contributed by atoms with Crippen molar-refractivity contribution in [3.05, 3.63) is 97.4 Å². The van der Waals surface area contributed by atoms with Crippen LogP contribution in [0.4, 0.5) is 0 Å². The average Bonchev–Trinajstić information content (AvgIpc) is 3.31. The summed E-state index contributed by atoms with van der Waals surface area (Å²) in [6.07, 6.45) is 1.59. The lowest BCUT2D eigenvalue weighted by Gasteiger charge is -2.20. The zero-order valence-electron chi connectivity index (χ0n) is 19.9. The molecule has 0 fully saturated rings. The molecule has 2 aliphatic rings. The summed E-state index contributed by atoms with van der Waals surface area (Å²) < 4.78 is 12.5. The quantitative estimate of drug-likeness (QED) is 0.275. The van der Waals surface area contributed by atoms with Gasteiger partial charge >= 0.3 is 0 Å². The predicted molar refractivity (Wildman–Crippen MR) is 157 cm³/mol. The summed E-state index contributed by atoms with van der Waals surface area (Å²) in [7, 11) is 0. The molecule has 1 N–H and O–H groups in total. The maximum absolute atomic E-state index is 12.9. The standard InChI is InChI=1S/C27H19BrCl2N4O3S/c1-2-36-22-13-15(12-19(28)23(22)37-14-16-7-3-5-9-20(16)29)11-18-24(31)34-27(32-25(18)35)38-26(33-34)17-8-4-6-10-21(17)30/h3-13,31H,2,14H2,1H3/b18-11-,31-24?. The second-order valence-electron chi connectivity index (χ2n) is 8.05. The first-order valence-corrected chi connectivity index (χ1v) is 13.8. The molecule has 3 aromatic rings. The summed E-state index contributed by atoms with van der Waals surface area (Å²) >= 11 is 17.3. The van der Waals surface area contributed by atoms with E-state index in [1.165, 1.54) is 16.8 Å². The number of carbonyl (C=O) groups excluding carboxylic acids is 1. The van der Waals surface area contributed by atoms with Crippen molar-refractivity contribution in [2.24, 2.45) is 10.1 Å². The number of nitrogens with one attached hydrogen (secondary N) is 1. The number of amidine groups is 2. The highest BCUT2D eigenvalue weighted by molar-refractivity contribution is 9.10. The highest BCUT2D eigenvalue weighted by Gasteiger charge is 2.36. The molecule has 2 aliphatic heterocycles. The predicted octanol–water partition coefficient (Wildman–Crippen LogP) is 7.40. The van der Waals surface area contributed by atoms with Crippen molar-refractivity contribution in [3.63, 3.8) is 0 Å². The fraction of sp³-hybridized carbons (Fsp3) is 0.111. The third-order valence-corrected chi connectivity index (χ3v) is 7.76. The largest absolute Gasteiger partial charge is 0.490 e. The minimum atomic E-state index is -0.530. The second-order valence-corrected chi connectivity index (χ2v) is 10.7. The first-order valence-electron chi connectivity index (χ1n) is 11.4. The van der Waals surface area contributed by atoms with E-state index in [-0.39, 0.29) is 18.0 Å². The smallest absolute Gasteiger partial charge is 0.283 e. The number of nitrogens with zero attached hydrogens (tertiary/aromatic N) is 3. The van der Waals surface area contributed by atoms with E-state index in [0.717, 1.165) is 5.56 Å². The Morgan fingerprint density at radius 1 is 1.08 bits per heavy atom. The van der Waals surface area contributed by atoms with E-state index >= 15 is 0 Å². The monoisotopic (exact) mass is 628 g/mol. The van der Waals surface area contributed by atoms with Crippen molar-refractivity contribution in [3.8, 4) is 11.5 Å². The van der Waals surface area contributed by atoms with Crippen molar-refractivity contribution in [2.75, 3.05) is 6.61 Å². The van der Waals surface area contributed by atoms with Crippen LogP contribution in [0.25, 0.3) is 6.08 Å². The van der Waals surface area contributed by atoms with E-state index in [2.05, 4.69) is 26.0 Å². The summed E-state index contributed by atoms with van der Waals surface area (Å²) in [4.78, 5) is 17.1. The molecule has 7 nitrogen and oxygen atoms in total. The van der Waals surface area contributed by atoms with Crippen molar-refractivity contribution >= 4 is 78.9 Å². The zero-order valence-corrected chi connectivity index (χ0v) is 23.8. The summed E-state index contributed by atoms with van der Waals surface area (Å²) in [5, 5.41) is 16.6. The lowest BCUT2D eigenvalue weighted by Crippen LogP contribution is -2.35. The second kappa shape index (κ2) is 11.3. The van der Waals surface area contributed by atoms with Crippen LogP contribution in [0.3, 0.4) is 0 Å². The number of carbonyl (C=O) groups is 1. The fourth-order valence-corrected chi connectivity index (χ4v) is 5.72. The van der Waals surface area contributed by atoms with Crippen LogP contribution in [0.2, 0.25) is 10.0 Å². The Labute approximate surface area is 241 Å². The van der Waals surface area contributed by atoms with Crippen molar-refractivity contribution in [1.29, 1.82) is 5.41 Å². The average molecular weight is 630 g/mol. The van der Waals surface area contributed by atoms with Crippen LogP contribution >= 0.6 is 50.9 Å². The summed E-state index contributed by atoms with van der Waals surface area (Å²) in [6, 6.07) is 18.2. The number of benzene rings is 3. The maximum atomic E-state index is 12.9. The third kappa shape index (κ3) is 5.37. The number of halogens is 3. The van der Waals surface area contributed by atoms with Crippen LogP contribution in [-0.4, -0.2) is 33.6 Å². The highest BCUT2D eigenvalue weighted by atomic mass is 79.9. The van der Waals surface area contributed by atoms with Gasteiger partial charge in [-0.3, -0.25) is 10.2 Å². The molecule has 0 aliphatic carbocycles. The normalized spacial score (nSPS) is 15.9. The van der Waals surface area contributed by atoms with Gasteiger partial charge in [-0.2, -0.15) is 15.1 Å². The van der Waals surface area contributed by atoms with Gasteiger partial charge in [-0.05, 0) is 70.5 Å². The molecule has 0 atom stereocenters. The van der Waals surface area contributed by atoms with Crippen LogP contribution in [0.5, 0.6) is 11.5 Å². The maximum Gasteiger partial charge on any atom is 0.283 e. The van der Waals surface area contributed by atoms with Crippen LogP contribution in [0, 0.1) is 5.41 Å². The Morgan fingerprint density at radius 2 is 1.82 bits per heavy atom. The van der Waals surface area contributed by atoms with Gasteiger partial charge in [-0.15, -0.1) is 0 Å². The fourth-order valence-electron chi connectivity index (χ4n) is 3.74. The van der Waals surface area contributed by atoms with Gasteiger partial charge in [0.1, 0.15) is 11.7 Å². The van der Waals surface area contributed by atoms with Crippen molar-refractivity contribution < 1.29 is 14.3 Å². The number of rotatable bonds is 7. The Hall–Kier alpha value is -3.11. The van der Waals surface area contributed by atoms with Gasteiger partial charge in [0.25, 0.3) is 5.91 Å². The minimum Gasteiger partial charge on any atom is -0.490 e. The SMILES string of the molecule is CCOc1cc(/C=C2/C(=N)N3N=C(c4ccccc4Cl)SC3=NC2=O)cc(Br)c1OCc1ccccc1Cl. The van der Waals surface area contributed by atoms with Gasteiger partial charge in [0.15, 0.2) is 17.3 Å². The number of hydrogen-bond acceptors (Lipinski definition) is 6. The number of amides is 1. The third-order valence-electron chi connectivity index (χ3n) is 5.53. The minimum absolute atomic E-state index is 0.0809. The van der Waals surface area contributed by atoms with E-state index in [1.807, 2.05) is 43.3 Å². The number of ether oxygens (including phenoxy) is 2. The van der Waals surface area contributed by atoms with E-state index in [1.54, 1.807) is 30.3 Å². The Morgan fingerprint density at radius 3 is 2.55 bits per heavy atom. The summed E-state index contributed by atoms with van der Waals surface area (Å²) in [5.74, 6) is 0.375. The van der Waals surface area contributed by atoms with Gasteiger partial charge in [0.2, 0.25) is 5.17 Å². The Balaban J connectivity index is 1.44. The van der Waals surface area contributed by atoms with Gasteiger partial charge in [0.05, 0.1) is 21.7 Å². The molecule has 192 valence electrons. The molecule has 0 aromatic heterocycles. The number of aliphatic imine (C=N–C) groups is 1. The molecule has 2 heterocycles. The van der Waals surface area contributed by atoms with Gasteiger partial charge < -0.3 is 9.47 Å². The van der Waals surface area contributed by atoms with Crippen LogP contribution in [0.1, 0.15) is 23.6 Å². The molecule has 0 radical (unpaired) electrons. The summed E-state index contributed by atoms with van der Waals surface area (Å²) in [6.45, 7) is 2.52. The zero-order chi connectivity index (χ0) is 26.8. The molecule has 1 amide bonds. The Bertz CT molecular complexity index is 1560.